The van der Waals surface area contributed by atoms with Crippen LogP contribution in [-0.4, -0.2) is 56.1 Å². The first kappa shape index (κ1) is 21.8. The Morgan fingerprint density at radius 3 is 2.64 bits per heavy atom. The molecule has 0 bridgehead atoms. The third kappa shape index (κ3) is 4.06. The first-order valence-corrected chi connectivity index (χ1v) is 11.4. The topological polar surface area (TPSA) is 75.8 Å². The normalized spacial score (nSPS) is 18.2. The highest BCUT2D eigenvalue weighted by atomic mass is 35.5. The van der Waals surface area contributed by atoms with Crippen LogP contribution >= 0.6 is 22.9 Å². The monoisotopic (exact) mass is 492 g/mol. The predicted octanol–water partition coefficient (Wildman–Crippen LogP) is 4.40. The van der Waals surface area contributed by atoms with E-state index in [1.807, 2.05) is 14.0 Å². The van der Waals surface area contributed by atoms with Gasteiger partial charge in [0.1, 0.15) is 27.8 Å². The van der Waals surface area contributed by atoms with Gasteiger partial charge in [0.05, 0.1) is 31.0 Å². The number of ether oxygens (including phenoxy) is 1. The fraction of sp³-hybridized carbons (Fsp3) is 0.333. The number of amides is 2. The van der Waals surface area contributed by atoms with Crippen molar-refractivity contribution in [2.75, 3.05) is 13.1 Å². The zero-order chi connectivity index (χ0) is 23.3. The van der Waals surface area contributed by atoms with Gasteiger partial charge in [-0.3, -0.25) is 4.68 Å². The maximum atomic E-state index is 13.6. The van der Waals surface area contributed by atoms with Crippen LogP contribution in [0.3, 0.4) is 0 Å². The van der Waals surface area contributed by atoms with Crippen molar-refractivity contribution in [3.63, 3.8) is 0 Å². The Bertz CT molecular complexity index is 1220. The Morgan fingerprint density at radius 2 is 1.97 bits per heavy atom. The first-order valence-electron chi connectivity index (χ1n) is 10.2. The lowest BCUT2D eigenvalue weighted by Gasteiger charge is -2.40. The number of carbonyl (C=O) groups is 1. The van der Waals surface area contributed by atoms with E-state index in [-0.39, 0.29) is 12.1 Å². The third-order valence-electron chi connectivity index (χ3n) is 5.59. The second-order valence-electron chi connectivity index (χ2n) is 7.93. The van der Waals surface area contributed by atoms with Crippen molar-refractivity contribution in [3.8, 4) is 16.6 Å². The largest absolute Gasteiger partial charge is 0.463 e. The van der Waals surface area contributed by atoms with E-state index in [0.717, 1.165) is 17.3 Å². The molecule has 2 amide bonds. The highest BCUT2D eigenvalue weighted by Gasteiger charge is 2.39. The third-order valence-corrected chi connectivity index (χ3v) is 6.74. The van der Waals surface area contributed by atoms with Crippen molar-refractivity contribution >= 4 is 35.2 Å². The summed E-state index contributed by atoms with van der Waals surface area (Å²) in [4.78, 5) is 19.0. The number of carbonyl (C=O) groups excluding carboxylic acids is 1. The number of aryl methyl sites for hydroxylation is 2. The van der Waals surface area contributed by atoms with Crippen molar-refractivity contribution in [1.29, 1.82) is 0 Å². The summed E-state index contributed by atoms with van der Waals surface area (Å²) in [6, 6.07) is 2.35. The van der Waals surface area contributed by atoms with Crippen molar-refractivity contribution in [3.05, 3.63) is 51.5 Å². The molecule has 12 heteroatoms. The molecule has 8 nitrogen and oxygen atoms in total. The predicted molar refractivity (Wildman–Crippen MR) is 119 cm³/mol. The van der Waals surface area contributed by atoms with Crippen LogP contribution in [0.4, 0.5) is 13.6 Å². The summed E-state index contributed by atoms with van der Waals surface area (Å²) in [5, 5.41) is 10.0. The van der Waals surface area contributed by atoms with Crippen molar-refractivity contribution in [2.24, 2.45) is 12.1 Å². The molecule has 33 heavy (non-hydrogen) atoms. The summed E-state index contributed by atoms with van der Waals surface area (Å²) in [5.41, 5.74) is 2.75. The molecule has 3 aromatic rings. The summed E-state index contributed by atoms with van der Waals surface area (Å²) in [6.45, 7) is 2.61. The maximum absolute atomic E-state index is 13.6. The van der Waals surface area contributed by atoms with Gasteiger partial charge < -0.3 is 9.64 Å². The SMILES string of the molecule is Cc1cnn(C)c1-c1nc(OC2CN(C(=O)N3N=CC[C@H]3c3cc(F)cc(F)c3)C2)sc1Cl. The average Bonchev–Trinajstić information content (AvgIpc) is 3.42. The molecule has 172 valence electrons. The van der Waals surface area contributed by atoms with Gasteiger partial charge >= 0.3 is 6.03 Å². The maximum Gasteiger partial charge on any atom is 0.341 e. The fourth-order valence-electron chi connectivity index (χ4n) is 3.97. The van der Waals surface area contributed by atoms with Gasteiger partial charge in [0.15, 0.2) is 0 Å². The van der Waals surface area contributed by atoms with E-state index in [1.165, 1.54) is 28.5 Å². The average molecular weight is 493 g/mol. The Hall–Kier alpha value is -3.05. The number of hydrogen-bond acceptors (Lipinski definition) is 6. The zero-order valence-corrected chi connectivity index (χ0v) is 19.3. The minimum absolute atomic E-state index is 0.242. The van der Waals surface area contributed by atoms with Gasteiger partial charge in [-0.15, -0.1) is 0 Å². The molecule has 0 unspecified atom stereocenters. The van der Waals surface area contributed by atoms with E-state index in [4.69, 9.17) is 16.3 Å². The van der Waals surface area contributed by atoms with Crippen LogP contribution in [0, 0.1) is 18.6 Å². The summed E-state index contributed by atoms with van der Waals surface area (Å²) in [7, 11) is 1.82. The summed E-state index contributed by atoms with van der Waals surface area (Å²) in [5.74, 6) is -1.38. The molecule has 1 aromatic carbocycles. The molecule has 0 radical (unpaired) electrons. The van der Waals surface area contributed by atoms with E-state index in [1.54, 1.807) is 22.0 Å². The van der Waals surface area contributed by atoms with Crippen molar-refractivity contribution in [2.45, 2.75) is 25.5 Å². The molecule has 2 aliphatic heterocycles. The Kier molecular flexibility index (Phi) is 5.53. The number of nitrogens with zero attached hydrogens (tertiary/aromatic N) is 6. The minimum Gasteiger partial charge on any atom is -0.463 e. The highest BCUT2D eigenvalue weighted by molar-refractivity contribution is 7.18. The minimum atomic E-state index is -0.690. The molecule has 1 fully saturated rings. The van der Waals surface area contributed by atoms with Crippen LogP contribution in [0.1, 0.15) is 23.6 Å². The number of aromatic nitrogens is 3. The van der Waals surface area contributed by atoms with E-state index < -0.39 is 17.7 Å². The number of likely N-dealkylation sites (tertiary alicyclic amines) is 1. The van der Waals surface area contributed by atoms with E-state index in [0.29, 0.717) is 40.3 Å². The van der Waals surface area contributed by atoms with Gasteiger partial charge in [-0.1, -0.05) is 22.9 Å². The van der Waals surface area contributed by atoms with Gasteiger partial charge in [0.25, 0.3) is 5.19 Å². The molecular formula is C21H19ClF2N6O2S. The van der Waals surface area contributed by atoms with Crippen LogP contribution in [-0.2, 0) is 7.05 Å². The van der Waals surface area contributed by atoms with Crippen LogP contribution in [0.2, 0.25) is 4.34 Å². The zero-order valence-electron chi connectivity index (χ0n) is 17.7. The van der Waals surface area contributed by atoms with Crippen LogP contribution in [0.15, 0.2) is 29.5 Å². The van der Waals surface area contributed by atoms with Crippen LogP contribution < -0.4 is 4.74 Å². The lowest BCUT2D eigenvalue weighted by molar-refractivity contribution is 0.0276. The molecular weight excluding hydrogens is 474 g/mol. The molecule has 0 N–H and O–H groups in total. The van der Waals surface area contributed by atoms with Crippen molar-refractivity contribution in [1.82, 2.24) is 24.7 Å². The number of rotatable bonds is 4. The van der Waals surface area contributed by atoms with Crippen molar-refractivity contribution < 1.29 is 18.3 Å². The number of hydrogen-bond donors (Lipinski definition) is 0. The number of benzene rings is 1. The summed E-state index contributed by atoms with van der Waals surface area (Å²) >= 11 is 7.61. The van der Waals surface area contributed by atoms with Gasteiger partial charge in [-0.05, 0) is 30.2 Å². The number of hydrazone groups is 1. The molecule has 4 heterocycles. The second-order valence-corrected chi connectivity index (χ2v) is 9.49. The quantitative estimate of drug-likeness (QED) is 0.541. The Labute approximate surface area is 197 Å². The molecule has 2 aliphatic rings. The van der Waals surface area contributed by atoms with Crippen LogP contribution in [0.25, 0.3) is 11.4 Å². The first-order chi connectivity index (χ1) is 15.8. The van der Waals surface area contributed by atoms with E-state index in [9.17, 15) is 13.6 Å². The van der Waals surface area contributed by atoms with Crippen LogP contribution in [0.5, 0.6) is 5.19 Å². The Balaban J connectivity index is 1.22. The summed E-state index contributed by atoms with van der Waals surface area (Å²) in [6.07, 6.45) is 3.45. The van der Waals surface area contributed by atoms with Gasteiger partial charge in [0, 0.05) is 25.7 Å². The van der Waals surface area contributed by atoms with Gasteiger partial charge in [0.2, 0.25) is 0 Å². The molecule has 0 spiro atoms. The number of urea groups is 1. The Morgan fingerprint density at radius 1 is 1.24 bits per heavy atom. The van der Waals surface area contributed by atoms with E-state index >= 15 is 0 Å². The fourth-order valence-corrected chi connectivity index (χ4v) is 5.01. The van der Waals surface area contributed by atoms with Gasteiger partial charge in [-0.25, -0.2) is 18.6 Å². The highest BCUT2D eigenvalue weighted by Crippen LogP contribution is 2.38. The number of halogens is 3. The molecule has 1 atom stereocenters. The molecule has 0 saturated carbocycles. The number of thiazole rings is 1. The summed E-state index contributed by atoms with van der Waals surface area (Å²) < 4.78 is 35.4. The molecule has 5 rings (SSSR count). The standard InChI is InChI=1S/C21H19ClF2N6O2S/c1-11-8-26-28(2)18(11)17-19(22)33-20(27-17)32-15-9-29(10-15)21(31)30-16(3-4-25-30)12-5-13(23)7-14(24)6-12/h4-8,15-16H,3,9-10H2,1-2H3/t16-/m0/s1. The van der Waals surface area contributed by atoms with Gasteiger partial charge in [-0.2, -0.15) is 15.2 Å². The molecule has 2 aromatic heterocycles. The second kappa shape index (κ2) is 8.38. The smallest absolute Gasteiger partial charge is 0.341 e. The molecule has 0 aliphatic carbocycles. The molecule has 1 saturated heterocycles. The van der Waals surface area contributed by atoms with E-state index in [2.05, 4.69) is 15.2 Å². The lowest BCUT2D eigenvalue weighted by atomic mass is 10.0. The lowest BCUT2D eigenvalue weighted by Crippen LogP contribution is -2.58.